The maximum Gasteiger partial charge on any atom is -0.0260 e. The van der Waals surface area contributed by atoms with Gasteiger partial charge in [-0.15, -0.1) is 6.58 Å². The Morgan fingerprint density at radius 1 is 0.630 bits per heavy atom. The Hall–Kier alpha value is -0.520. The third kappa shape index (κ3) is 25.5. The van der Waals surface area contributed by atoms with Crippen LogP contribution in [0.1, 0.15) is 144 Å². The molecule has 0 aliphatic heterocycles. The van der Waals surface area contributed by atoms with Crippen molar-refractivity contribution in [2.24, 2.45) is 5.92 Å². The van der Waals surface area contributed by atoms with Gasteiger partial charge in [0.05, 0.1) is 0 Å². The minimum Gasteiger partial charge on any atom is -0.103 e. The maximum atomic E-state index is 3.76. The zero-order chi connectivity index (χ0) is 20.8. The molecule has 0 aliphatic carbocycles. The van der Waals surface area contributed by atoms with Gasteiger partial charge in [0, 0.05) is 0 Å². The lowest BCUT2D eigenvalue weighted by Gasteiger charge is -2.05. The minimum absolute atomic E-state index is 0.722. The predicted molar refractivity (Wildman–Crippen MR) is 129 cm³/mol. The van der Waals surface area contributed by atoms with Crippen molar-refractivity contribution in [2.75, 3.05) is 0 Å². The molecule has 0 saturated carbocycles. The Morgan fingerprint density at radius 2 is 0.963 bits per heavy atom. The Kier molecular flexibility index (Phi) is 25.0. The molecule has 0 atom stereocenters. The van der Waals surface area contributed by atoms with E-state index in [1.165, 1.54) is 114 Å². The van der Waals surface area contributed by atoms with Crippen molar-refractivity contribution in [3.63, 3.8) is 0 Å². The summed E-state index contributed by atoms with van der Waals surface area (Å²) < 4.78 is 0. The van der Waals surface area contributed by atoms with E-state index in [0.717, 1.165) is 5.92 Å². The van der Waals surface area contributed by atoms with Crippen LogP contribution in [0, 0.1) is 5.92 Å². The maximum absolute atomic E-state index is 3.76. The van der Waals surface area contributed by atoms with E-state index in [1.807, 2.05) is 6.08 Å². The second-order valence-corrected chi connectivity index (χ2v) is 8.86. The van der Waals surface area contributed by atoms with E-state index >= 15 is 0 Å². The molecule has 0 spiro atoms. The summed E-state index contributed by atoms with van der Waals surface area (Å²) in [5.41, 5.74) is 2.98. The highest BCUT2D eigenvalue weighted by molar-refractivity contribution is 5.08. The largest absolute Gasteiger partial charge is 0.103 e. The highest BCUT2D eigenvalue weighted by Gasteiger charge is 1.96. The molecule has 0 saturated heterocycles. The molecule has 0 radical (unpaired) electrons. The van der Waals surface area contributed by atoms with Crippen molar-refractivity contribution < 1.29 is 0 Å². The normalized spacial score (nSPS) is 10.5. The molecule has 0 heteroatoms. The lowest BCUT2D eigenvalue weighted by Crippen LogP contribution is -1.89. The van der Waals surface area contributed by atoms with Gasteiger partial charge in [-0.2, -0.15) is 0 Å². The smallest absolute Gasteiger partial charge is 0.0260 e. The van der Waals surface area contributed by atoms with Gasteiger partial charge in [0.25, 0.3) is 0 Å². The summed E-state index contributed by atoms with van der Waals surface area (Å²) in [5.74, 6) is 0.722. The van der Waals surface area contributed by atoms with Crippen LogP contribution in [0.25, 0.3) is 0 Å². The monoisotopic (exact) mass is 378 g/mol. The van der Waals surface area contributed by atoms with Crippen LogP contribution < -0.4 is 0 Å². The molecule has 0 aromatic carbocycles. The van der Waals surface area contributed by atoms with Gasteiger partial charge >= 0.3 is 0 Å². The first-order valence-corrected chi connectivity index (χ1v) is 12.2. The third-order valence-electron chi connectivity index (χ3n) is 5.67. The number of hydrogen-bond acceptors (Lipinski definition) is 0. The van der Waals surface area contributed by atoms with Crippen LogP contribution in [0.15, 0.2) is 23.8 Å². The summed E-state index contributed by atoms with van der Waals surface area (Å²) in [6.07, 6.45) is 24.9. The third-order valence-corrected chi connectivity index (χ3v) is 5.67. The van der Waals surface area contributed by atoms with E-state index in [1.54, 1.807) is 0 Å². The standard InChI is InChI=1S/C19H38.C8H16/c1-3-5-7-9-11-13-15-17-19-18-16-14-12-10-8-6-4-2;1-6(2)8(5)7(3)4/h3H,1,4-19H2,2H3;6H,1-5H3. The van der Waals surface area contributed by atoms with Gasteiger partial charge in [-0.05, 0) is 39.5 Å². The van der Waals surface area contributed by atoms with Gasteiger partial charge in [0.15, 0.2) is 0 Å². The second-order valence-electron chi connectivity index (χ2n) is 8.86. The quantitative estimate of drug-likeness (QED) is 0.174. The second kappa shape index (κ2) is 23.5. The van der Waals surface area contributed by atoms with E-state index in [-0.39, 0.29) is 0 Å². The van der Waals surface area contributed by atoms with E-state index < -0.39 is 0 Å². The van der Waals surface area contributed by atoms with Crippen LogP contribution in [-0.2, 0) is 0 Å². The van der Waals surface area contributed by atoms with Crippen LogP contribution in [0.5, 0.6) is 0 Å². The SMILES string of the molecule is C=CCCCCCCCCCCCCCCCCC.CC(C)=C(C)C(C)C. The summed E-state index contributed by atoms with van der Waals surface area (Å²) in [4.78, 5) is 0. The highest BCUT2D eigenvalue weighted by Crippen LogP contribution is 2.14. The van der Waals surface area contributed by atoms with E-state index in [0.29, 0.717) is 0 Å². The number of allylic oxidation sites excluding steroid dienone is 3. The fourth-order valence-corrected chi connectivity index (χ4v) is 3.24. The average molecular weight is 379 g/mol. The molecule has 0 unspecified atom stereocenters. The van der Waals surface area contributed by atoms with Crippen LogP contribution in [-0.4, -0.2) is 0 Å². The van der Waals surface area contributed by atoms with Crippen molar-refractivity contribution >= 4 is 0 Å². The first kappa shape index (κ1) is 28.7. The zero-order valence-electron chi connectivity index (χ0n) is 20.2. The first-order valence-electron chi connectivity index (χ1n) is 12.2. The van der Waals surface area contributed by atoms with Crippen molar-refractivity contribution in [3.8, 4) is 0 Å². The van der Waals surface area contributed by atoms with Crippen LogP contribution in [0.2, 0.25) is 0 Å². The molecular weight excluding hydrogens is 324 g/mol. The van der Waals surface area contributed by atoms with Crippen molar-refractivity contribution in [1.29, 1.82) is 0 Å². The summed E-state index contributed by atoms with van der Waals surface area (Å²) in [5, 5.41) is 0. The van der Waals surface area contributed by atoms with E-state index in [9.17, 15) is 0 Å². The topological polar surface area (TPSA) is 0 Å². The number of unbranched alkanes of at least 4 members (excludes halogenated alkanes) is 15. The Morgan fingerprint density at radius 3 is 1.19 bits per heavy atom. The van der Waals surface area contributed by atoms with Gasteiger partial charge < -0.3 is 0 Å². The molecule has 0 rings (SSSR count). The number of hydrogen-bond donors (Lipinski definition) is 0. The van der Waals surface area contributed by atoms with Gasteiger partial charge in [-0.1, -0.05) is 128 Å². The van der Waals surface area contributed by atoms with Crippen molar-refractivity contribution in [1.82, 2.24) is 0 Å². The summed E-state index contributed by atoms with van der Waals surface area (Å²) >= 11 is 0. The van der Waals surface area contributed by atoms with E-state index in [4.69, 9.17) is 0 Å². The zero-order valence-corrected chi connectivity index (χ0v) is 20.2. The predicted octanol–water partition coefficient (Wildman–Crippen LogP) is 10.4. The van der Waals surface area contributed by atoms with Gasteiger partial charge in [0.1, 0.15) is 0 Å². The molecule has 0 N–H and O–H groups in total. The molecule has 162 valence electrons. The Labute approximate surface area is 174 Å². The Bertz CT molecular complexity index is 317. The van der Waals surface area contributed by atoms with Gasteiger partial charge in [0.2, 0.25) is 0 Å². The molecule has 0 heterocycles. The molecule has 0 aromatic rings. The van der Waals surface area contributed by atoms with Gasteiger partial charge in [-0.3, -0.25) is 0 Å². The van der Waals surface area contributed by atoms with Crippen molar-refractivity contribution in [3.05, 3.63) is 23.8 Å². The van der Waals surface area contributed by atoms with Crippen LogP contribution >= 0.6 is 0 Å². The number of rotatable bonds is 17. The lowest BCUT2D eigenvalue weighted by atomic mass is 10.0. The van der Waals surface area contributed by atoms with Crippen molar-refractivity contribution in [2.45, 2.75) is 144 Å². The minimum atomic E-state index is 0.722. The summed E-state index contributed by atoms with van der Waals surface area (Å²) in [6, 6.07) is 0. The molecule has 0 bridgehead atoms. The van der Waals surface area contributed by atoms with Gasteiger partial charge in [-0.25, -0.2) is 0 Å². The highest BCUT2D eigenvalue weighted by atomic mass is 14.0. The molecule has 0 amide bonds. The lowest BCUT2D eigenvalue weighted by molar-refractivity contribution is 0.533. The van der Waals surface area contributed by atoms with Crippen LogP contribution in [0.4, 0.5) is 0 Å². The van der Waals surface area contributed by atoms with E-state index in [2.05, 4.69) is 48.1 Å². The van der Waals surface area contributed by atoms with Crippen LogP contribution in [0.3, 0.4) is 0 Å². The first-order chi connectivity index (χ1) is 13.0. The fraction of sp³-hybridized carbons (Fsp3) is 0.852. The summed E-state index contributed by atoms with van der Waals surface area (Å²) in [7, 11) is 0. The molecule has 0 aliphatic rings. The average Bonchev–Trinajstić information content (AvgIpc) is 2.64. The molecule has 0 aromatic heterocycles. The molecule has 27 heavy (non-hydrogen) atoms. The molecule has 0 nitrogen and oxygen atoms in total. The Balaban J connectivity index is 0. The molecule has 0 fully saturated rings. The molecular formula is C27H54. The fourth-order valence-electron chi connectivity index (χ4n) is 3.24. The summed E-state index contributed by atoms with van der Waals surface area (Å²) in [6.45, 7) is 17.0.